The molecule has 1 heterocycles. The summed E-state index contributed by atoms with van der Waals surface area (Å²) in [5, 5.41) is 11.3. The molecule has 2 aromatic rings. The number of anilines is 1. The van der Waals surface area contributed by atoms with Gasteiger partial charge in [-0.1, -0.05) is 43.8 Å². The molecule has 1 atom stereocenters. The largest absolute Gasteiger partial charge is 0.336 e. The highest BCUT2D eigenvalue weighted by molar-refractivity contribution is 8.00. The molecule has 1 aromatic heterocycles. The Labute approximate surface area is 140 Å². The van der Waals surface area contributed by atoms with Crippen LogP contribution in [0, 0.1) is 6.92 Å². The van der Waals surface area contributed by atoms with E-state index in [0.717, 1.165) is 23.2 Å². The van der Waals surface area contributed by atoms with Gasteiger partial charge in [0.05, 0.1) is 5.25 Å². The molecule has 0 radical (unpaired) electrons. The molecule has 0 saturated carbocycles. The summed E-state index contributed by atoms with van der Waals surface area (Å²) >= 11 is 1.31. The van der Waals surface area contributed by atoms with Crippen LogP contribution >= 0.6 is 11.8 Å². The minimum absolute atomic E-state index is 0.0694. The van der Waals surface area contributed by atoms with Gasteiger partial charge in [-0.3, -0.25) is 4.79 Å². The number of hydrogen-bond acceptors (Lipinski definition) is 5. The first-order chi connectivity index (χ1) is 11.0. The molecule has 3 N–H and O–H groups in total. The van der Waals surface area contributed by atoms with Crippen molar-refractivity contribution in [1.29, 1.82) is 0 Å². The number of carbonyl (C=O) groups is 1. The molecular weight excluding hydrogens is 310 g/mol. The summed E-state index contributed by atoms with van der Waals surface area (Å²) in [6.45, 7) is 7.87. The van der Waals surface area contributed by atoms with Crippen molar-refractivity contribution in [2.75, 3.05) is 11.2 Å². The van der Waals surface area contributed by atoms with Gasteiger partial charge in [0, 0.05) is 12.1 Å². The van der Waals surface area contributed by atoms with Gasteiger partial charge in [-0.2, -0.15) is 0 Å². The topological polar surface area (TPSA) is 85.8 Å². The maximum absolute atomic E-state index is 12.5. The zero-order chi connectivity index (χ0) is 17.0. The fourth-order valence-corrected chi connectivity index (χ4v) is 3.06. The second-order valence-corrected chi connectivity index (χ2v) is 6.64. The normalized spacial score (nSPS) is 12.2. The molecule has 2 rings (SSSR count). The van der Waals surface area contributed by atoms with Gasteiger partial charge >= 0.3 is 0 Å². The van der Waals surface area contributed by atoms with Crippen LogP contribution in [0.5, 0.6) is 0 Å². The minimum atomic E-state index is -0.324. The summed E-state index contributed by atoms with van der Waals surface area (Å²) < 4.78 is 1.44. The first kappa shape index (κ1) is 17.3. The van der Waals surface area contributed by atoms with Crippen molar-refractivity contribution in [2.24, 2.45) is 0 Å². The van der Waals surface area contributed by atoms with Crippen LogP contribution < -0.4 is 11.2 Å². The van der Waals surface area contributed by atoms with Gasteiger partial charge in [0.15, 0.2) is 5.82 Å². The monoisotopic (exact) mass is 333 g/mol. The van der Waals surface area contributed by atoms with Crippen LogP contribution in [0.3, 0.4) is 0 Å². The Bertz CT molecular complexity index is 698. The van der Waals surface area contributed by atoms with E-state index in [-0.39, 0.29) is 11.2 Å². The number of amides is 1. The molecule has 0 saturated heterocycles. The fraction of sp³-hybridized carbons (Fsp3) is 0.438. The highest BCUT2D eigenvalue weighted by Crippen LogP contribution is 2.25. The molecule has 0 aliphatic rings. The molecule has 1 amide bonds. The smallest absolute Gasteiger partial charge is 0.237 e. The highest BCUT2D eigenvalue weighted by Gasteiger charge is 2.20. The number of thioether (sulfide) groups is 1. The predicted molar refractivity (Wildman–Crippen MR) is 94.1 cm³/mol. The summed E-state index contributed by atoms with van der Waals surface area (Å²) in [6.07, 6.45) is 1.57. The molecule has 0 fully saturated rings. The number of carbonyl (C=O) groups excluding carboxylic acids is 1. The van der Waals surface area contributed by atoms with E-state index in [1.54, 1.807) is 0 Å². The van der Waals surface area contributed by atoms with E-state index in [4.69, 9.17) is 5.84 Å². The van der Waals surface area contributed by atoms with Gasteiger partial charge in [0.2, 0.25) is 11.1 Å². The Balaban J connectivity index is 2.10. The Morgan fingerprint density at radius 2 is 2.09 bits per heavy atom. The zero-order valence-corrected chi connectivity index (χ0v) is 14.8. The number of nitrogens with two attached hydrogens (primary N) is 1. The summed E-state index contributed by atoms with van der Waals surface area (Å²) in [6, 6.07) is 6.03. The number of benzene rings is 1. The Morgan fingerprint density at radius 1 is 1.35 bits per heavy atom. The lowest BCUT2D eigenvalue weighted by Crippen LogP contribution is -2.24. The summed E-state index contributed by atoms with van der Waals surface area (Å²) in [7, 11) is 0. The molecule has 0 bridgehead atoms. The number of nitrogens with zero attached hydrogens (tertiary/aromatic N) is 3. The van der Waals surface area contributed by atoms with E-state index in [1.807, 2.05) is 39.0 Å². The van der Waals surface area contributed by atoms with Gasteiger partial charge in [0.1, 0.15) is 0 Å². The quantitative estimate of drug-likeness (QED) is 0.627. The van der Waals surface area contributed by atoms with E-state index in [9.17, 15) is 4.79 Å². The number of nitrogens with one attached hydrogen (secondary N) is 1. The number of nitrogen functional groups attached to an aromatic ring is 1. The van der Waals surface area contributed by atoms with Crippen LogP contribution in [0.2, 0.25) is 0 Å². The summed E-state index contributed by atoms with van der Waals surface area (Å²) in [5.74, 6) is 6.56. The maximum Gasteiger partial charge on any atom is 0.237 e. The first-order valence-corrected chi connectivity index (χ1v) is 8.61. The first-order valence-electron chi connectivity index (χ1n) is 7.73. The van der Waals surface area contributed by atoms with Gasteiger partial charge in [-0.05, 0) is 31.4 Å². The fourth-order valence-electron chi connectivity index (χ4n) is 2.27. The van der Waals surface area contributed by atoms with E-state index < -0.39 is 0 Å². The summed E-state index contributed by atoms with van der Waals surface area (Å²) in [4.78, 5) is 12.5. The van der Waals surface area contributed by atoms with Crippen LogP contribution in [0.1, 0.15) is 37.7 Å². The lowest BCUT2D eigenvalue weighted by atomic mass is 10.1. The molecule has 1 aromatic carbocycles. The molecule has 23 heavy (non-hydrogen) atoms. The molecule has 7 heteroatoms. The molecular formula is C16H23N5OS. The average Bonchev–Trinajstić information content (AvgIpc) is 2.89. The van der Waals surface area contributed by atoms with Crippen LogP contribution in [0.25, 0.3) is 0 Å². The number of aromatic nitrogens is 3. The third-order valence-electron chi connectivity index (χ3n) is 3.69. The molecule has 0 aliphatic carbocycles. The van der Waals surface area contributed by atoms with Gasteiger partial charge in [0.25, 0.3) is 0 Å². The lowest BCUT2D eigenvalue weighted by Gasteiger charge is -2.16. The third-order valence-corrected chi connectivity index (χ3v) is 4.75. The number of rotatable bonds is 6. The van der Waals surface area contributed by atoms with Crippen LogP contribution in [0.4, 0.5) is 5.69 Å². The van der Waals surface area contributed by atoms with Crippen molar-refractivity contribution in [3.05, 3.63) is 35.2 Å². The second kappa shape index (κ2) is 7.50. The average molecular weight is 333 g/mol. The number of aryl methyl sites for hydroxylation is 3. The van der Waals surface area contributed by atoms with Crippen molar-refractivity contribution in [3.8, 4) is 0 Å². The van der Waals surface area contributed by atoms with Crippen LogP contribution in [-0.4, -0.2) is 26.0 Å². The van der Waals surface area contributed by atoms with E-state index in [2.05, 4.69) is 22.4 Å². The van der Waals surface area contributed by atoms with Crippen LogP contribution in [0.15, 0.2) is 23.4 Å². The van der Waals surface area contributed by atoms with E-state index in [0.29, 0.717) is 17.4 Å². The third kappa shape index (κ3) is 3.85. The standard InChI is InChI=1S/C16H23N5OS/c1-5-12-9-7-8-10(3)14(12)18-15(22)11(4)23-16-20-19-13(6-2)21(16)17/h7-9,11H,5-6,17H2,1-4H3,(H,18,22)/t11-/m1/s1. The Kier molecular flexibility index (Phi) is 5.65. The predicted octanol–water partition coefficient (Wildman–Crippen LogP) is 2.54. The molecule has 6 nitrogen and oxygen atoms in total. The van der Waals surface area contributed by atoms with Crippen LogP contribution in [-0.2, 0) is 17.6 Å². The second-order valence-electron chi connectivity index (χ2n) is 5.33. The zero-order valence-electron chi connectivity index (χ0n) is 14.0. The van der Waals surface area contributed by atoms with Crippen molar-refractivity contribution < 1.29 is 4.79 Å². The van der Waals surface area contributed by atoms with Crippen molar-refractivity contribution >= 4 is 23.4 Å². The number of hydrogen-bond donors (Lipinski definition) is 2. The molecule has 0 spiro atoms. The van der Waals surface area contributed by atoms with Gasteiger partial charge in [-0.15, -0.1) is 10.2 Å². The van der Waals surface area contributed by atoms with E-state index >= 15 is 0 Å². The number of para-hydroxylation sites is 1. The van der Waals surface area contributed by atoms with Crippen molar-refractivity contribution in [2.45, 2.75) is 50.9 Å². The lowest BCUT2D eigenvalue weighted by molar-refractivity contribution is -0.115. The SMILES string of the molecule is CCc1cccc(C)c1NC(=O)[C@@H](C)Sc1nnc(CC)n1N. The van der Waals surface area contributed by atoms with Crippen molar-refractivity contribution in [3.63, 3.8) is 0 Å². The Hall–Kier alpha value is -2.02. The molecule has 0 aliphatic heterocycles. The summed E-state index contributed by atoms with van der Waals surface area (Å²) in [5.41, 5.74) is 3.09. The van der Waals surface area contributed by atoms with Gasteiger partial charge < -0.3 is 11.2 Å². The molecule has 124 valence electrons. The minimum Gasteiger partial charge on any atom is -0.336 e. The maximum atomic E-state index is 12.5. The van der Waals surface area contributed by atoms with Gasteiger partial charge in [-0.25, -0.2) is 4.68 Å². The highest BCUT2D eigenvalue weighted by atomic mass is 32.2. The van der Waals surface area contributed by atoms with E-state index in [1.165, 1.54) is 16.4 Å². The molecule has 0 unspecified atom stereocenters. The van der Waals surface area contributed by atoms with Crippen molar-refractivity contribution in [1.82, 2.24) is 14.9 Å². The Morgan fingerprint density at radius 3 is 2.70 bits per heavy atom.